The average Bonchev–Trinajstić information content (AvgIpc) is 2.73. The highest BCUT2D eigenvalue weighted by molar-refractivity contribution is 7.18. The first-order valence-electron chi connectivity index (χ1n) is 4.96. The van der Waals surface area contributed by atoms with E-state index in [0.29, 0.717) is 5.13 Å². The second-order valence-electron chi connectivity index (χ2n) is 3.45. The van der Waals surface area contributed by atoms with E-state index in [-0.39, 0.29) is 0 Å². The van der Waals surface area contributed by atoms with E-state index in [1.165, 1.54) is 11.3 Å². The van der Waals surface area contributed by atoms with Crippen molar-refractivity contribution in [2.45, 2.75) is 26.8 Å². The van der Waals surface area contributed by atoms with Crippen LogP contribution >= 0.6 is 11.3 Å². The molecule has 2 aromatic rings. The lowest BCUT2D eigenvalue weighted by Gasteiger charge is -1.94. The van der Waals surface area contributed by atoms with Gasteiger partial charge < -0.3 is 5.73 Å². The molecular weight excluding hydrogens is 208 g/mol. The normalized spacial score (nSPS) is 10.8. The molecule has 2 rings (SSSR count). The van der Waals surface area contributed by atoms with Crippen molar-refractivity contribution in [2.75, 3.05) is 5.73 Å². The molecule has 0 saturated heterocycles. The summed E-state index contributed by atoms with van der Waals surface area (Å²) in [6.07, 6.45) is 4.96. The third kappa shape index (κ3) is 2.02. The lowest BCUT2D eigenvalue weighted by Crippen LogP contribution is -1.96. The maximum Gasteiger partial charge on any atom is 0.180 e. The highest BCUT2D eigenvalue weighted by atomic mass is 32.1. The number of thiazole rings is 1. The van der Waals surface area contributed by atoms with Crippen molar-refractivity contribution in [1.29, 1.82) is 0 Å². The number of nitrogens with zero attached hydrogens (tertiary/aromatic N) is 3. The lowest BCUT2D eigenvalue weighted by atomic mass is 10.2. The Balaban J connectivity index is 2.35. The van der Waals surface area contributed by atoms with Crippen LogP contribution in [0.3, 0.4) is 0 Å². The molecule has 0 aromatic carbocycles. The van der Waals surface area contributed by atoms with E-state index >= 15 is 0 Å². The van der Waals surface area contributed by atoms with Crippen molar-refractivity contribution in [1.82, 2.24) is 14.8 Å². The molecule has 0 saturated carbocycles. The van der Waals surface area contributed by atoms with Gasteiger partial charge in [0.1, 0.15) is 0 Å². The SMILES string of the molecule is CCCn1cc(-c2cnc(N)s2)c(C)n1. The molecule has 0 aliphatic rings. The number of rotatable bonds is 3. The van der Waals surface area contributed by atoms with E-state index in [4.69, 9.17) is 5.73 Å². The van der Waals surface area contributed by atoms with Crippen LogP contribution in [0.15, 0.2) is 12.4 Å². The maximum absolute atomic E-state index is 5.61. The van der Waals surface area contributed by atoms with Crippen LogP contribution in [0.2, 0.25) is 0 Å². The minimum atomic E-state index is 0.604. The Kier molecular flexibility index (Phi) is 2.73. The van der Waals surface area contributed by atoms with Crippen molar-refractivity contribution in [2.24, 2.45) is 0 Å². The molecule has 15 heavy (non-hydrogen) atoms. The number of hydrogen-bond donors (Lipinski definition) is 1. The zero-order chi connectivity index (χ0) is 10.8. The standard InChI is InChI=1S/C10H14N4S/c1-3-4-14-6-8(7(2)13-14)9-5-12-10(11)15-9/h5-6H,3-4H2,1-2H3,(H2,11,12). The first kappa shape index (κ1) is 10.2. The molecular formula is C10H14N4S. The van der Waals surface area contributed by atoms with E-state index in [0.717, 1.165) is 29.1 Å². The summed E-state index contributed by atoms with van der Waals surface area (Å²) in [7, 11) is 0. The molecule has 0 bridgehead atoms. The summed E-state index contributed by atoms with van der Waals surface area (Å²) in [5, 5.41) is 5.05. The molecule has 5 heteroatoms. The molecule has 0 atom stereocenters. The van der Waals surface area contributed by atoms with Gasteiger partial charge in [0.25, 0.3) is 0 Å². The van der Waals surface area contributed by atoms with E-state index in [9.17, 15) is 0 Å². The zero-order valence-corrected chi connectivity index (χ0v) is 9.71. The second kappa shape index (κ2) is 4.02. The predicted molar refractivity (Wildman–Crippen MR) is 62.8 cm³/mol. The summed E-state index contributed by atoms with van der Waals surface area (Å²) >= 11 is 1.50. The Morgan fingerprint density at radius 1 is 1.53 bits per heavy atom. The minimum Gasteiger partial charge on any atom is -0.375 e. The summed E-state index contributed by atoms with van der Waals surface area (Å²) in [6, 6.07) is 0. The molecule has 0 aliphatic carbocycles. The fourth-order valence-corrected chi connectivity index (χ4v) is 2.26. The van der Waals surface area contributed by atoms with E-state index < -0.39 is 0 Å². The van der Waals surface area contributed by atoms with Gasteiger partial charge in [-0.1, -0.05) is 18.3 Å². The van der Waals surface area contributed by atoms with Crippen LogP contribution in [0.1, 0.15) is 19.0 Å². The minimum absolute atomic E-state index is 0.604. The Morgan fingerprint density at radius 2 is 2.33 bits per heavy atom. The Hall–Kier alpha value is -1.36. The van der Waals surface area contributed by atoms with E-state index in [1.54, 1.807) is 6.20 Å². The molecule has 0 aliphatic heterocycles. The van der Waals surface area contributed by atoms with Gasteiger partial charge >= 0.3 is 0 Å². The third-order valence-corrected chi connectivity index (χ3v) is 3.05. The van der Waals surface area contributed by atoms with Crippen LogP contribution in [0.4, 0.5) is 5.13 Å². The van der Waals surface area contributed by atoms with Crippen LogP contribution in [0.5, 0.6) is 0 Å². The van der Waals surface area contributed by atoms with Crippen molar-refractivity contribution >= 4 is 16.5 Å². The highest BCUT2D eigenvalue weighted by Crippen LogP contribution is 2.29. The number of anilines is 1. The van der Waals surface area contributed by atoms with Gasteiger partial charge in [-0.3, -0.25) is 4.68 Å². The molecule has 80 valence electrons. The van der Waals surface area contributed by atoms with Crippen molar-refractivity contribution in [3.8, 4) is 10.4 Å². The average molecular weight is 222 g/mol. The van der Waals surface area contributed by atoms with E-state index in [2.05, 4.69) is 23.2 Å². The summed E-state index contributed by atoms with van der Waals surface area (Å²) in [4.78, 5) is 5.14. The zero-order valence-electron chi connectivity index (χ0n) is 8.90. The predicted octanol–water partition coefficient (Wildman–Crippen LogP) is 2.31. The number of aromatic nitrogens is 3. The van der Waals surface area contributed by atoms with Crippen LogP contribution < -0.4 is 5.73 Å². The number of hydrogen-bond acceptors (Lipinski definition) is 4. The Bertz CT molecular complexity index is 458. The molecule has 0 fully saturated rings. The molecule has 0 amide bonds. The maximum atomic E-state index is 5.61. The van der Waals surface area contributed by atoms with Crippen molar-refractivity contribution in [3.63, 3.8) is 0 Å². The fourth-order valence-electron chi connectivity index (χ4n) is 1.52. The highest BCUT2D eigenvalue weighted by Gasteiger charge is 2.09. The van der Waals surface area contributed by atoms with Gasteiger partial charge in [0.15, 0.2) is 5.13 Å². The van der Waals surface area contributed by atoms with Gasteiger partial charge in [-0.05, 0) is 13.3 Å². The lowest BCUT2D eigenvalue weighted by molar-refractivity contribution is 0.598. The summed E-state index contributed by atoms with van der Waals surface area (Å²) in [5.74, 6) is 0. The topological polar surface area (TPSA) is 56.7 Å². The molecule has 4 nitrogen and oxygen atoms in total. The van der Waals surface area contributed by atoms with Crippen LogP contribution in [-0.2, 0) is 6.54 Å². The van der Waals surface area contributed by atoms with Gasteiger partial charge in [0, 0.05) is 24.5 Å². The summed E-state index contributed by atoms with van der Waals surface area (Å²) in [5.41, 5.74) is 7.78. The van der Waals surface area contributed by atoms with E-state index in [1.807, 2.05) is 11.6 Å². The van der Waals surface area contributed by atoms with Gasteiger partial charge in [0.05, 0.1) is 10.6 Å². The smallest absolute Gasteiger partial charge is 0.180 e. The van der Waals surface area contributed by atoms with Crippen LogP contribution in [0, 0.1) is 6.92 Å². The first-order chi connectivity index (χ1) is 7.20. The van der Waals surface area contributed by atoms with Crippen LogP contribution in [-0.4, -0.2) is 14.8 Å². The quantitative estimate of drug-likeness (QED) is 0.867. The van der Waals surface area contributed by atoms with Crippen molar-refractivity contribution in [3.05, 3.63) is 18.1 Å². The molecule has 2 heterocycles. The second-order valence-corrected chi connectivity index (χ2v) is 4.52. The van der Waals surface area contributed by atoms with Gasteiger partial charge in [-0.15, -0.1) is 0 Å². The fraction of sp³-hybridized carbons (Fsp3) is 0.400. The van der Waals surface area contributed by atoms with Gasteiger partial charge in [-0.25, -0.2) is 4.98 Å². The Morgan fingerprint density at radius 3 is 2.93 bits per heavy atom. The largest absolute Gasteiger partial charge is 0.375 e. The number of nitrogens with two attached hydrogens (primary N) is 1. The van der Waals surface area contributed by atoms with Gasteiger partial charge in [0.2, 0.25) is 0 Å². The van der Waals surface area contributed by atoms with Gasteiger partial charge in [-0.2, -0.15) is 5.10 Å². The van der Waals surface area contributed by atoms with Crippen LogP contribution in [0.25, 0.3) is 10.4 Å². The molecule has 0 unspecified atom stereocenters. The third-order valence-electron chi connectivity index (χ3n) is 2.19. The summed E-state index contributed by atoms with van der Waals surface area (Å²) < 4.78 is 1.97. The monoisotopic (exact) mass is 222 g/mol. The Labute approximate surface area is 92.8 Å². The first-order valence-corrected chi connectivity index (χ1v) is 5.78. The number of nitrogen functional groups attached to an aromatic ring is 1. The molecule has 2 aromatic heterocycles. The molecule has 0 radical (unpaired) electrons. The molecule has 0 spiro atoms. The molecule has 2 N–H and O–H groups in total. The summed E-state index contributed by atoms with van der Waals surface area (Å²) in [6.45, 7) is 5.11. The van der Waals surface area contributed by atoms with Crippen molar-refractivity contribution < 1.29 is 0 Å². The number of aryl methyl sites for hydroxylation is 2.